The molecule has 1 aromatic rings. The van der Waals surface area contributed by atoms with Gasteiger partial charge in [0.2, 0.25) is 11.8 Å². The standard InChI is InChI=1S/C27H43N5O4/c1-4-5-15-32(21-9-7-6-8-10-21)25(34)13-14-26(35)36-22-11-12-23-20(16-22)17-31(27(28)30-23)18-24(33)29-19(2)3/h11-12,16,19,21,26,35H,4-10,13-15,17-18H2,1-3H3,(H2,28,30)(H,29,33). The number of rotatable bonds is 12. The molecular formula is C27H43N5O4. The van der Waals surface area contributed by atoms with E-state index in [1.807, 2.05) is 18.7 Å². The molecular weight excluding hydrogens is 458 g/mol. The molecule has 9 nitrogen and oxygen atoms in total. The number of nitrogens with zero attached hydrogens (tertiary/aromatic N) is 3. The molecule has 4 N–H and O–H groups in total. The molecule has 1 aromatic carbocycles. The maximum absolute atomic E-state index is 13.0. The van der Waals surface area contributed by atoms with Gasteiger partial charge in [-0.25, -0.2) is 4.99 Å². The number of ether oxygens (including phenoxy) is 1. The van der Waals surface area contributed by atoms with Crippen molar-refractivity contribution in [1.29, 1.82) is 0 Å². The lowest BCUT2D eigenvalue weighted by atomic mass is 9.93. The Balaban J connectivity index is 1.55. The lowest BCUT2D eigenvalue weighted by molar-refractivity contribution is -0.136. The quantitative estimate of drug-likeness (QED) is 0.378. The van der Waals surface area contributed by atoms with E-state index in [9.17, 15) is 14.7 Å². The first-order valence-electron chi connectivity index (χ1n) is 13.4. The van der Waals surface area contributed by atoms with Crippen LogP contribution in [0.2, 0.25) is 0 Å². The third kappa shape index (κ3) is 8.11. The molecule has 200 valence electrons. The Kier molecular flexibility index (Phi) is 10.4. The Morgan fingerprint density at radius 3 is 2.72 bits per heavy atom. The highest BCUT2D eigenvalue weighted by Gasteiger charge is 2.26. The molecule has 2 aliphatic rings. The van der Waals surface area contributed by atoms with Crippen LogP contribution in [0.4, 0.5) is 5.69 Å². The maximum Gasteiger partial charge on any atom is 0.239 e. The second kappa shape index (κ2) is 13.5. The van der Waals surface area contributed by atoms with Crippen LogP contribution in [0, 0.1) is 0 Å². The van der Waals surface area contributed by atoms with Crippen LogP contribution in [0.15, 0.2) is 23.2 Å². The average molecular weight is 502 g/mol. The monoisotopic (exact) mass is 501 g/mol. The van der Waals surface area contributed by atoms with E-state index in [1.165, 1.54) is 19.3 Å². The Morgan fingerprint density at radius 1 is 1.28 bits per heavy atom. The molecule has 1 unspecified atom stereocenters. The van der Waals surface area contributed by atoms with Crippen molar-refractivity contribution in [3.05, 3.63) is 23.8 Å². The predicted octanol–water partition coefficient (Wildman–Crippen LogP) is 3.41. The van der Waals surface area contributed by atoms with Crippen molar-refractivity contribution >= 4 is 23.5 Å². The molecule has 1 saturated carbocycles. The largest absolute Gasteiger partial charge is 0.465 e. The van der Waals surface area contributed by atoms with Crippen LogP contribution in [0.1, 0.15) is 84.1 Å². The maximum atomic E-state index is 13.0. The fourth-order valence-electron chi connectivity index (χ4n) is 4.87. The molecule has 1 heterocycles. The second-order valence-electron chi connectivity index (χ2n) is 10.2. The molecule has 0 radical (unpaired) electrons. The molecule has 0 aromatic heterocycles. The number of unbranched alkanes of at least 4 members (excludes halogenated alkanes) is 1. The van der Waals surface area contributed by atoms with Gasteiger partial charge in [0.05, 0.1) is 12.2 Å². The third-order valence-corrected chi connectivity index (χ3v) is 6.72. The molecule has 9 heteroatoms. The number of carbonyl (C=O) groups is 2. The smallest absolute Gasteiger partial charge is 0.239 e. The number of carbonyl (C=O) groups excluding carboxylic acids is 2. The number of fused-ring (bicyclic) bond motifs is 1. The summed E-state index contributed by atoms with van der Waals surface area (Å²) in [5, 5.41) is 13.4. The van der Waals surface area contributed by atoms with Gasteiger partial charge < -0.3 is 30.7 Å². The number of aliphatic imine (C=N–C) groups is 1. The Hall–Kier alpha value is -2.81. The fourth-order valence-corrected chi connectivity index (χ4v) is 4.87. The summed E-state index contributed by atoms with van der Waals surface area (Å²) in [5.74, 6) is 0.758. The summed E-state index contributed by atoms with van der Waals surface area (Å²) in [5.41, 5.74) is 7.62. The highest BCUT2D eigenvalue weighted by molar-refractivity contribution is 5.88. The van der Waals surface area contributed by atoms with E-state index >= 15 is 0 Å². The number of hydrogen-bond acceptors (Lipinski definition) is 7. The van der Waals surface area contributed by atoms with Crippen molar-refractivity contribution in [3.63, 3.8) is 0 Å². The number of nitrogens with one attached hydrogen (secondary N) is 1. The van der Waals surface area contributed by atoms with Gasteiger partial charge in [0.25, 0.3) is 0 Å². The summed E-state index contributed by atoms with van der Waals surface area (Å²) >= 11 is 0. The summed E-state index contributed by atoms with van der Waals surface area (Å²) in [7, 11) is 0. The van der Waals surface area contributed by atoms with Crippen molar-refractivity contribution in [3.8, 4) is 5.75 Å². The zero-order valence-electron chi connectivity index (χ0n) is 22.0. The highest BCUT2D eigenvalue weighted by Crippen LogP contribution is 2.30. The minimum atomic E-state index is -1.09. The molecule has 36 heavy (non-hydrogen) atoms. The van der Waals surface area contributed by atoms with Crippen LogP contribution in [0.5, 0.6) is 5.75 Å². The lowest BCUT2D eigenvalue weighted by Crippen LogP contribution is -2.46. The number of nitrogens with two attached hydrogens (primary N) is 1. The van der Waals surface area contributed by atoms with E-state index in [-0.39, 0.29) is 37.2 Å². The Labute approximate surface area is 215 Å². The van der Waals surface area contributed by atoms with Gasteiger partial charge in [-0.15, -0.1) is 0 Å². The van der Waals surface area contributed by atoms with Gasteiger partial charge in [0.1, 0.15) is 5.75 Å². The zero-order chi connectivity index (χ0) is 26.1. The SMILES string of the molecule is CCCCN(C(=O)CCC(O)Oc1ccc2c(c1)CN(CC(=O)NC(C)C)C(N)=N2)C1CCCCC1. The number of aliphatic hydroxyl groups is 1. The number of aliphatic hydroxyl groups excluding tert-OH is 1. The van der Waals surface area contributed by atoms with E-state index in [0.717, 1.165) is 37.8 Å². The first kappa shape index (κ1) is 27.8. The number of guanidine groups is 1. The van der Waals surface area contributed by atoms with Crippen LogP contribution < -0.4 is 15.8 Å². The van der Waals surface area contributed by atoms with Crippen molar-refractivity contribution in [2.45, 2.75) is 103 Å². The topological polar surface area (TPSA) is 120 Å². The van der Waals surface area contributed by atoms with E-state index in [0.29, 0.717) is 30.0 Å². The van der Waals surface area contributed by atoms with Crippen molar-refractivity contribution in [2.24, 2.45) is 10.7 Å². The minimum Gasteiger partial charge on any atom is -0.465 e. The average Bonchev–Trinajstić information content (AvgIpc) is 2.84. The van der Waals surface area contributed by atoms with Crippen LogP contribution in [-0.2, 0) is 16.1 Å². The Bertz CT molecular complexity index is 913. The molecule has 3 rings (SSSR count). The van der Waals surface area contributed by atoms with Crippen molar-refractivity contribution in [1.82, 2.24) is 15.1 Å². The summed E-state index contributed by atoms with van der Waals surface area (Å²) in [6, 6.07) is 5.70. The lowest BCUT2D eigenvalue weighted by Gasteiger charge is -2.34. The van der Waals surface area contributed by atoms with Gasteiger partial charge in [-0.2, -0.15) is 0 Å². The number of hydrogen-bond donors (Lipinski definition) is 3. The van der Waals surface area contributed by atoms with Gasteiger partial charge in [-0.1, -0.05) is 32.6 Å². The molecule has 0 bridgehead atoms. The summed E-state index contributed by atoms with van der Waals surface area (Å²) in [6.07, 6.45) is 7.22. The molecule has 0 spiro atoms. The Morgan fingerprint density at radius 2 is 2.03 bits per heavy atom. The van der Waals surface area contributed by atoms with Crippen LogP contribution in [0.3, 0.4) is 0 Å². The number of benzene rings is 1. The van der Waals surface area contributed by atoms with Gasteiger partial charge in [0.15, 0.2) is 12.2 Å². The normalized spacial score (nSPS) is 16.8. The van der Waals surface area contributed by atoms with E-state index in [4.69, 9.17) is 10.5 Å². The highest BCUT2D eigenvalue weighted by atomic mass is 16.6. The molecule has 2 amide bonds. The zero-order valence-corrected chi connectivity index (χ0v) is 22.0. The van der Waals surface area contributed by atoms with Crippen LogP contribution in [-0.4, -0.2) is 64.1 Å². The van der Waals surface area contributed by atoms with Gasteiger partial charge in [-0.3, -0.25) is 9.59 Å². The molecule has 1 aliphatic heterocycles. The molecule has 1 aliphatic carbocycles. The second-order valence-corrected chi connectivity index (χ2v) is 10.2. The summed E-state index contributed by atoms with van der Waals surface area (Å²) < 4.78 is 5.74. The molecule has 1 fully saturated rings. The summed E-state index contributed by atoms with van der Waals surface area (Å²) in [6.45, 7) is 7.26. The third-order valence-electron chi connectivity index (χ3n) is 6.72. The molecule has 1 atom stereocenters. The first-order valence-corrected chi connectivity index (χ1v) is 13.4. The summed E-state index contributed by atoms with van der Waals surface area (Å²) in [4.78, 5) is 33.3. The van der Waals surface area contributed by atoms with Gasteiger partial charge in [0, 0.05) is 43.6 Å². The van der Waals surface area contributed by atoms with Crippen LogP contribution >= 0.6 is 0 Å². The fraction of sp³-hybridized carbons (Fsp3) is 0.667. The van der Waals surface area contributed by atoms with Gasteiger partial charge >= 0.3 is 0 Å². The van der Waals surface area contributed by atoms with E-state index in [1.54, 1.807) is 23.1 Å². The minimum absolute atomic E-state index is 0.0440. The van der Waals surface area contributed by atoms with E-state index < -0.39 is 6.29 Å². The van der Waals surface area contributed by atoms with Gasteiger partial charge in [-0.05, 0) is 51.3 Å². The molecule has 0 saturated heterocycles. The van der Waals surface area contributed by atoms with Crippen molar-refractivity contribution < 1.29 is 19.4 Å². The van der Waals surface area contributed by atoms with E-state index in [2.05, 4.69) is 17.2 Å². The van der Waals surface area contributed by atoms with Crippen LogP contribution in [0.25, 0.3) is 0 Å². The van der Waals surface area contributed by atoms with Crippen molar-refractivity contribution in [2.75, 3.05) is 13.1 Å². The predicted molar refractivity (Wildman–Crippen MR) is 141 cm³/mol. The number of amides is 2. The first-order chi connectivity index (χ1) is 17.3.